The molecular weight excluding hydrogens is 342 g/mol. The van der Waals surface area contributed by atoms with Crippen LogP contribution in [0.4, 0.5) is 4.79 Å². The minimum absolute atomic E-state index is 0.0263. The first-order valence-electron chi connectivity index (χ1n) is 9.82. The van der Waals surface area contributed by atoms with E-state index in [1.807, 2.05) is 31.7 Å². The normalized spacial score (nSPS) is 25.2. The van der Waals surface area contributed by atoms with E-state index in [1.54, 1.807) is 0 Å². The monoisotopic (exact) mass is 373 g/mol. The van der Waals surface area contributed by atoms with Gasteiger partial charge in [0.1, 0.15) is 11.4 Å². The topological polar surface area (TPSA) is 55.8 Å². The summed E-state index contributed by atoms with van der Waals surface area (Å²) in [6.07, 6.45) is 1.48. The Hall–Kier alpha value is -1.88. The summed E-state index contributed by atoms with van der Waals surface area (Å²) in [6, 6.07) is 5.98. The molecule has 1 aromatic carbocycles. The molecule has 5 heteroatoms. The van der Waals surface area contributed by atoms with Crippen LogP contribution in [-0.4, -0.2) is 47.7 Å². The van der Waals surface area contributed by atoms with E-state index in [4.69, 9.17) is 9.47 Å². The summed E-state index contributed by atoms with van der Waals surface area (Å²) >= 11 is 0. The number of aryl methyl sites for hydroxylation is 2. The summed E-state index contributed by atoms with van der Waals surface area (Å²) in [6.45, 7) is 10.7. The molecule has 0 N–H and O–H groups in total. The minimum atomic E-state index is -0.527. The quantitative estimate of drug-likeness (QED) is 0.808. The van der Waals surface area contributed by atoms with Crippen molar-refractivity contribution in [2.45, 2.75) is 71.6 Å². The molecule has 2 aliphatic heterocycles. The van der Waals surface area contributed by atoms with Gasteiger partial charge in [-0.25, -0.2) is 4.79 Å². The molecule has 1 aromatic rings. The highest BCUT2D eigenvalue weighted by atomic mass is 16.6. The van der Waals surface area contributed by atoms with Crippen molar-refractivity contribution in [3.63, 3.8) is 0 Å². The van der Waals surface area contributed by atoms with Crippen molar-refractivity contribution in [2.24, 2.45) is 5.92 Å². The summed E-state index contributed by atoms with van der Waals surface area (Å²) in [5.41, 5.74) is 2.94. The smallest absolute Gasteiger partial charge is 0.410 e. The molecule has 0 aliphatic carbocycles. The number of Topliss-reactive ketones (excluding diaryl/α,β-unsaturated/α-hetero) is 1. The van der Waals surface area contributed by atoms with E-state index < -0.39 is 5.60 Å². The van der Waals surface area contributed by atoms with Crippen molar-refractivity contribution in [2.75, 3.05) is 13.2 Å². The van der Waals surface area contributed by atoms with Gasteiger partial charge >= 0.3 is 6.09 Å². The number of nitrogens with zero attached hydrogens (tertiary/aromatic N) is 1. The summed E-state index contributed by atoms with van der Waals surface area (Å²) in [5, 5.41) is 0. The summed E-state index contributed by atoms with van der Waals surface area (Å²) < 4.78 is 11.3. The average Bonchev–Trinajstić information content (AvgIpc) is 2.55. The molecule has 2 fully saturated rings. The number of benzene rings is 1. The Balaban J connectivity index is 1.71. The van der Waals surface area contributed by atoms with Crippen LogP contribution in [0, 0.1) is 19.8 Å². The van der Waals surface area contributed by atoms with E-state index in [9.17, 15) is 9.59 Å². The van der Waals surface area contributed by atoms with Crippen LogP contribution in [0.3, 0.4) is 0 Å². The van der Waals surface area contributed by atoms with Crippen molar-refractivity contribution < 1.29 is 19.1 Å². The Bertz CT molecular complexity index is 687. The highest BCUT2D eigenvalue weighted by molar-refractivity contribution is 5.84. The number of piperidine rings is 1. The second kappa shape index (κ2) is 7.63. The van der Waals surface area contributed by atoms with Gasteiger partial charge in [-0.15, -0.1) is 0 Å². The van der Waals surface area contributed by atoms with Crippen LogP contribution < -0.4 is 0 Å². The Morgan fingerprint density at radius 3 is 2.19 bits per heavy atom. The van der Waals surface area contributed by atoms with E-state index in [-0.39, 0.29) is 29.9 Å². The molecule has 0 aromatic heterocycles. The van der Waals surface area contributed by atoms with Gasteiger partial charge in [0.05, 0.1) is 25.3 Å². The molecular formula is C22H31NO4. The number of hydrogen-bond acceptors (Lipinski definition) is 4. The predicted octanol–water partition coefficient (Wildman–Crippen LogP) is 3.83. The number of hydrogen-bond donors (Lipinski definition) is 0. The first-order chi connectivity index (χ1) is 12.7. The summed E-state index contributed by atoms with van der Waals surface area (Å²) in [5.74, 6) is 0.245. The highest BCUT2D eigenvalue weighted by Crippen LogP contribution is 2.34. The van der Waals surface area contributed by atoms with Crippen LogP contribution in [0.15, 0.2) is 18.2 Å². The first kappa shape index (κ1) is 19.9. The maximum atomic E-state index is 13.0. The van der Waals surface area contributed by atoms with Gasteiger partial charge in [-0.2, -0.15) is 0 Å². The third-order valence-electron chi connectivity index (χ3n) is 5.58. The van der Waals surface area contributed by atoms with E-state index in [0.717, 1.165) is 16.7 Å². The summed E-state index contributed by atoms with van der Waals surface area (Å²) in [4.78, 5) is 27.5. The third kappa shape index (κ3) is 4.52. The van der Waals surface area contributed by atoms with Gasteiger partial charge in [0.2, 0.25) is 0 Å². The van der Waals surface area contributed by atoms with Crippen molar-refractivity contribution in [1.29, 1.82) is 0 Å². The Morgan fingerprint density at radius 2 is 1.67 bits per heavy atom. The second-order valence-corrected chi connectivity index (χ2v) is 8.91. The fraction of sp³-hybridized carbons (Fsp3) is 0.636. The maximum absolute atomic E-state index is 13.0. The fourth-order valence-electron chi connectivity index (χ4n) is 4.24. The van der Waals surface area contributed by atoms with Crippen LogP contribution in [0.5, 0.6) is 0 Å². The average molecular weight is 373 g/mol. The number of ether oxygens (including phenoxy) is 2. The van der Waals surface area contributed by atoms with Crippen LogP contribution in [0.2, 0.25) is 0 Å². The third-order valence-corrected chi connectivity index (χ3v) is 5.58. The molecule has 2 aliphatic rings. The Labute approximate surface area is 162 Å². The molecule has 2 bridgehead atoms. The second-order valence-electron chi connectivity index (χ2n) is 8.91. The number of rotatable bonds is 3. The Kier molecular flexibility index (Phi) is 5.61. The molecule has 1 amide bonds. The lowest BCUT2D eigenvalue weighted by atomic mass is 9.80. The van der Waals surface area contributed by atoms with Gasteiger partial charge in [0, 0.05) is 12.3 Å². The summed E-state index contributed by atoms with van der Waals surface area (Å²) in [7, 11) is 0. The first-order valence-corrected chi connectivity index (χ1v) is 9.82. The van der Waals surface area contributed by atoms with Crippen molar-refractivity contribution >= 4 is 11.9 Å². The zero-order valence-electron chi connectivity index (χ0n) is 17.1. The van der Waals surface area contributed by atoms with Crippen molar-refractivity contribution in [1.82, 2.24) is 4.90 Å². The lowest BCUT2D eigenvalue weighted by Crippen LogP contribution is -2.60. The number of amides is 1. The van der Waals surface area contributed by atoms with Gasteiger partial charge in [0.25, 0.3) is 0 Å². The van der Waals surface area contributed by atoms with Crippen LogP contribution >= 0.6 is 0 Å². The van der Waals surface area contributed by atoms with E-state index >= 15 is 0 Å². The number of ketones is 1. The lowest BCUT2D eigenvalue weighted by Gasteiger charge is -2.48. The van der Waals surface area contributed by atoms with Gasteiger partial charge in [0.15, 0.2) is 0 Å². The maximum Gasteiger partial charge on any atom is 0.410 e. The highest BCUT2D eigenvalue weighted by Gasteiger charge is 2.45. The molecule has 0 spiro atoms. The molecule has 0 saturated carbocycles. The molecule has 3 rings (SSSR count). The number of fused-ring (bicyclic) bond motifs is 2. The molecule has 2 unspecified atom stereocenters. The molecule has 2 heterocycles. The molecule has 5 nitrogen and oxygen atoms in total. The van der Waals surface area contributed by atoms with Gasteiger partial charge in [-0.1, -0.05) is 18.2 Å². The minimum Gasteiger partial charge on any atom is -0.444 e. The zero-order valence-corrected chi connectivity index (χ0v) is 17.1. The fourth-order valence-corrected chi connectivity index (χ4v) is 4.24. The van der Waals surface area contributed by atoms with E-state index in [1.165, 1.54) is 0 Å². The van der Waals surface area contributed by atoms with Crippen LogP contribution in [0.1, 0.15) is 50.3 Å². The largest absolute Gasteiger partial charge is 0.444 e. The zero-order chi connectivity index (χ0) is 19.8. The van der Waals surface area contributed by atoms with Crippen LogP contribution in [0.25, 0.3) is 0 Å². The standard InChI is InChI=1S/C22H31NO4/c1-14-7-6-8-15(2)19(14)11-20(24)16-9-17-12-26-13-18(10-16)23(17)21(25)27-22(3,4)5/h6-8,16-18H,9-13H2,1-5H3. The molecule has 27 heavy (non-hydrogen) atoms. The number of carbonyl (C=O) groups excluding carboxylic acids is 2. The van der Waals surface area contributed by atoms with E-state index in [0.29, 0.717) is 32.5 Å². The number of carbonyl (C=O) groups is 2. The molecule has 2 atom stereocenters. The predicted molar refractivity (Wildman–Crippen MR) is 104 cm³/mol. The molecule has 0 radical (unpaired) electrons. The molecule has 2 saturated heterocycles. The van der Waals surface area contributed by atoms with Gasteiger partial charge in [-0.05, 0) is 64.2 Å². The lowest BCUT2D eigenvalue weighted by molar-refractivity contribution is -0.131. The molecule has 148 valence electrons. The Morgan fingerprint density at radius 1 is 1.11 bits per heavy atom. The van der Waals surface area contributed by atoms with Crippen molar-refractivity contribution in [3.8, 4) is 0 Å². The van der Waals surface area contributed by atoms with Gasteiger partial charge < -0.3 is 9.47 Å². The SMILES string of the molecule is Cc1cccc(C)c1CC(=O)C1CC2COCC(C1)N2C(=O)OC(C)(C)C. The van der Waals surface area contributed by atoms with E-state index in [2.05, 4.69) is 26.0 Å². The van der Waals surface area contributed by atoms with Gasteiger partial charge in [-0.3, -0.25) is 9.69 Å². The van der Waals surface area contributed by atoms with Crippen LogP contribution in [-0.2, 0) is 20.7 Å². The van der Waals surface area contributed by atoms with Crippen molar-refractivity contribution in [3.05, 3.63) is 34.9 Å². The number of morpholine rings is 1.